The number of aromatic nitrogens is 4. The molecule has 156 valence electrons. The molecule has 2 aromatic heterocycles. The van der Waals surface area contributed by atoms with E-state index in [2.05, 4.69) is 25.7 Å². The number of amides is 2. The second kappa shape index (κ2) is 8.60. The van der Waals surface area contributed by atoms with Crippen LogP contribution < -0.4 is 20.9 Å². The fraction of sp³-hybridized carbons (Fsp3) is 0.250. The van der Waals surface area contributed by atoms with E-state index in [0.29, 0.717) is 22.7 Å². The summed E-state index contributed by atoms with van der Waals surface area (Å²) < 4.78 is 6.36. The van der Waals surface area contributed by atoms with E-state index in [1.807, 2.05) is 0 Å². The Kier molecular flexibility index (Phi) is 5.95. The number of aromatic amines is 1. The van der Waals surface area contributed by atoms with Crippen molar-refractivity contribution in [1.82, 2.24) is 25.1 Å². The molecule has 0 radical (unpaired) electrons. The Labute approximate surface area is 172 Å². The smallest absolute Gasteiger partial charge is 0.314 e. The zero-order valence-corrected chi connectivity index (χ0v) is 17.1. The molecule has 0 fully saturated rings. The van der Waals surface area contributed by atoms with Crippen molar-refractivity contribution >= 4 is 17.6 Å². The summed E-state index contributed by atoms with van der Waals surface area (Å²) in [7, 11) is 1.57. The molecular weight excluding hydrogens is 388 g/mol. The SMILES string of the molecule is COc1ccc(CNC(=O)C(=O)Nc2cc(C)nn2-c2nc(C)c(C)c(=O)[nH]2)cc1. The first-order valence-corrected chi connectivity index (χ1v) is 9.15. The average molecular weight is 410 g/mol. The van der Waals surface area contributed by atoms with Crippen LogP contribution in [-0.2, 0) is 16.1 Å². The highest BCUT2D eigenvalue weighted by Gasteiger charge is 2.18. The number of carbonyl (C=O) groups excluding carboxylic acids is 2. The van der Waals surface area contributed by atoms with Gasteiger partial charge in [0.05, 0.1) is 12.8 Å². The predicted octanol–water partition coefficient (Wildman–Crippen LogP) is 1.14. The van der Waals surface area contributed by atoms with Crippen LogP contribution in [0.25, 0.3) is 5.95 Å². The number of anilines is 1. The quantitative estimate of drug-likeness (QED) is 0.541. The van der Waals surface area contributed by atoms with Gasteiger partial charge in [0.1, 0.15) is 11.6 Å². The van der Waals surface area contributed by atoms with Gasteiger partial charge in [0.2, 0.25) is 5.95 Å². The molecule has 0 atom stereocenters. The highest BCUT2D eigenvalue weighted by Crippen LogP contribution is 2.15. The molecule has 0 aliphatic heterocycles. The molecule has 10 heteroatoms. The Morgan fingerprint density at radius 1 is 1.13 bits per heavy atom. The van der Waals surface area contributed by atoms with Crippen molar-refractivity contribution in [2.24, 2.45) is 0 Å². The Hall–Kier alpha value is -3.95. The zero-order valence-electron chi connectivity index (χ0n) is 17.1. The normalized spacial score (nSPS) is 10.5. The van der Waals surface area contributed by atoms with E-state index < -0.39 is 11.8 Å². The zero-order chi connectivity index (χ0) is 21.8. The fourth-order valence-corrected chi connectivity index (χ4v) is 2.66. The van der Waals surface area contributed by atoms with Crippen LogP contribution >= 0.6 is 0 Å². The summed E-state index contributed by atoms with van der Waals surface area (Å²) in [6.07, 6.45) is 0. The number of H-pyrrole nitrogens is 1. The highest BCUT2D eigenvalue weighted by atomic mass is 16.5. The maximum absolute atomic E-state index is 12.3. The van der Waals surface area contributed by atoms with E-state index in [4.69, 9.17) is 4.74 Å². The molecule has 0 spiro atoms. The van der Waals surface area contributed by atoms with Gasteiger partial charge >= 0.3 is 11.8 Å². The van der Waals surface area contributed by atoms with Crippen LogP contribution in [0.5, 0.6) is 5.75 Å². The molecule has 0 bridgehead atoms. The van der Waals surface area contributed by atoms with Crippen molar-refractivity contribution in [3.05, 3.63) is 63.2 Å². The second-order valence-electron chi connectivity index (χ2n) is 6.67. The molecule has 30 heavy (non-hydrogen) atoms. The number of methoxy groups -OCH3 is 1. The Bertz CT molecular complexity index is 1150. The summed E-state index contributed by atoms with van der Waals surface area (Å²) in [5, 5.41) is 9.30. The van der Waals surface area contributed by atoms with E-state index in [1.54, 1.807) is 58.2 Å². The van der Waals surface area contributed by atoms with Crippen molar-refractivity contribution in [2.45, 2.75) is 27.3 Å². The van der Waals surface area contributed by atoms with Gasteiger partial charge < -0.3 is 15.4 Å². The third-order valence-corrected chi connectivity index (χ3v) is 4.47. The summed E-state index contributed by atoms with van der Waals surface area (Å²) in [6, 6.07) is 8.68. The Morgan fingerprint density at radius 2 is 1.83 bits per heavy atom. The van der Waals surface area contributed by atoms with E-state index in [-0.39, 0.29) is 23.9 Å². The van der Waals surface area contributed by atoms with Gasteiger partial charge in [-0.2, -0.15) is 9.78 Å². The molecule has 2 amide bonds. The van der Waals surface area contributed by atoms with Crippen molar-refractivity contribution in [1.29, 1.82) is 0 Å². The summed E-state index contributed by atoms with van der Waals surface area (Å²) in [6.45, 7) is 5.26. The number of carbonyl (C=O) groups is 2. The molecule has 1 aromatic carbocycles. The second-order valence-corrected chi connectivity index (χ2v) is 6.67. The topological polar surface area (TPSA) is 131 Å². The maximum Gasteiger partial charge on any atom is 0.314 e. The Balaban J connectivity index is 1.72. The largest absolute Gasteiger partial charge is 0.497 e. The van der Waals surface area contributed by atoms with Gasteiger partial charge in [-0.15, -0.1) is 0 Å². The van der Waals surface area contributed by atoms with E-state index in [9.17, 15) is 14.4 Å². The minimum absolute atomic E-state index is 0.144. The van der Waals surface area contributed by atoms with Crippen LogP contribution in [0.15, 0.2) is 35.1 Å². The van der Waals surface area contributed by atoms with Crippen molar-refractivity contribution in [2.75, 3.05) is 12.4 Å². The van der Waals surface area contributed by atoms with Crippen molar-refractivity contribution in [3.8, 4) is 11.7 Å². The van der Waals surface area contributed by atoms with Gasteiger partial charge in [0.15, 0.2) is 0 Å². The van der Waals surface area contributed by atoms with E-state index in [1.165, 1.54) is 4.68 Å². The fourth-order valence-electron chi connectivity index (χ4n) is 2.66. The summed E-state index contributed by atoms with van der Waals surface area (Å²) in [5.41, 5.74) is 2.11. The predicted molar refractivity (Wildman–Crippen MR) is 110 cm³/mol. The minimum atomic E-state index is -0.865. The lowest BCUT2D eigenvalue weighted by Gasteiger charge is -2.10. The molecule has 3 N–H and O–H groups in total. The van der Waals surface area contributed by atoms with Gasteiger partial charge in [-0.3, -0.25) is 19.4 Å². The highest BCUT2D eigenvalue weighted by molar-refractivity contribution is 6.39. The third kappa shape index (κ3) is 4.54. The van der Waals surface area contributed by atoms with Gasteiger partial charge in [0.25, 0.3) is 5.56 Å². The van der Waals surface area contributed by atoms with Gasteiger partial charge in [-0.1, -0.05) is 12.1 Å². The molecule has 0 aliphatic carbocycles. The average Bonchev–Trinajstić information content (AvgIpc) is 3.10. The van der Waals surface area contributed by atoms with Crippen LogP contribution in [0.3, 0.4) is 0 Å². The van der Waals surface area contributed by atoms with E-state index in [0.717, 1.165) is 5.56 Å². The summed E-state index contributed by atoms with van der Waals surface area (Å²) >= 11 is 0. The standard InChI is InChI=1S/C20H22N6O4/c1-11-9-16(26(25-11)20-22-13(3)12(2)17(27)24-20)23-19(29)18(28)21-10-14-5-7-15(30-4)8-6-14/h5-9H,10H2,1-4H3,(H,21,28)(H,23,29)(H,22,24,27). The molecule has 3 rings (SSSR count). The number of nitrogens with zero attached hydrogens (tertiary/aromatic N) is 3. The lowest BCUT2D eigenvalue weighted by molar-refractivity contribution is -0.136. The molecule has 3 aromatic rings. The first-order chi connectivity index (χ1) is 14.3. The van der Waals surface area contributed by atoms with Gasteiger partial charge in [0, 0.05) is 23.9 Å². The number of ether oxygens (including phenoxy) is 1. The molecule has 0 unspecified atom stereocenters. The number of aryl methyl sites for hydroxylation is 2. The van der Waals surface area contributed by atoms with Crippen LogP contribution in [0.1, 0.15) is 22.5 Å². The lowest BCUT2D eigenvalue weighted by Crippen LogP contribution is -2.35. The third-order valence-electron chi connectivity index (χ3n) is 4.47. The summed E-state index contributed by atoms with van der Waals surface area (Å²) in [4.78, 5) is 43.5. The molecule has 0 saturated carbocycles. The van der Waals surface area contributed by atoms with Crippen LogP contribution in [0.4, 0.5) is 5.82 Å². The monoisotopic (exact) mass is 410 g/mol. The molecule has 2 heterocycles. The van der Waals surface area contributed by atoms with Crippen molar-refractivity contribution in [3.63, 3.8) is 0 Å². The van der Waals surface area contributed by atoms with Crippen LogP contribution in [0.2, 0.25) is 0 Å². The molecule has 0 saturated heterocycles. The number of benzene rings is 1. The van der Waals surface area contributed by atoms with E-state index >= 15 is 0 Å². The van der Waals surface area contributed by atoms with Crippen LogP contribution in [-0.4, -0.2) is 38.7 Å². The lowest BCUT2D eigenvalue weighted by atomic mass is 10.2. The maximum atomic E-state index is 12.3. The van der Waals surface area contributed by atoms with Crippen LogP contribution in [0, 0.1) is 20.8 Å². The van der Waals surface area contributed by atoms with Crippen molar-refractivity contribution < 1.29 is 14.3 Å². The molecular formula is C20H22N6O4. The number of hydrogen-bond donors (Lipinski definition) is 3. The first-order valence-electron chi connectivity index (χ1n) is 9.15. The number of hydrogen-bond acceptors (Lipinski definition) is 6. The number of nitrogens with one attached hydrogen (secondary N) is 3. The summed E-state index contributed by atoms with van der Waals surface area (Å²) in [5.74, 6) is -0.619. The number of rotatable bonds is 5. The van der Waals surface area contributed by atoms with Gasteiger partial charge in [-0.25, -0.2) is 4.98 Å². The molecule has 0 aliphatic rings. The first kappa shape index (κ1) is 20.8. The molecule has 10 nitrogen and oxygen atoms in total. The minimum Gasteiger partial charge on any atom is -0.497 e. The van der Waals surface area contributed by atoms with Gasteiger partial charge in [-0.05, 0) is 38.5 Å². The Morgan fingerprint density at radius 3 is 2.47 bits per heavy atom.